The molecule has 2 aliphatic rings. The van der Waals surface area contributed by atoms with Gasteiger partial charge in [-0.05, 0) is 12.8 Å². The summed E-state index contributed by atoms with van der Waals surface area (Å²) in [6.07, 6.45) is -7.94. The smallest absolute Gasteiger partial charge is 0.748 e. The quantitative estimate of drug-likeness (QED) is 0.0808. The zero-order valence-corrected chi connectivity index (χ0v) is 38.5. The summed E-state index contributed by atoms with van der Waals surface area (Å²) in [6.45, 7) is -3.51. The van der Waals surface area contributed by atoms with E-state index in [4.69, 9.17) is 14.2 Å². The van der Waals surface area contributed by atoms with Crippen LogP contribution in [-0.2, 0) is 77.7 Å². The molecule has 0 unspecified atom stereocenters. The van der Waals surface area contributed by atoms with Crippen LogP contribution in [0.25, 0.3) is 0 Å². The Morgan fingerprint density at radius 3 is 1.73 bits per heavy atom. The Labute approximate surface area is 372 Å². The SMILES string of the molecule is CO[C@H]1O[C@@H](COCC(=O)N(CCS(=O)(=O)[O-])CC(=O)NC2CCCCC2)[C@@H](OS(=O)(=O)[O-])[C@H](OS(=O)(=O)[O-])[C@H]1OS(=O)(=O)[O-].[Na+].[Na+].[Na+].[Na+]. The van der Waals surface area contributed by atoms with Gasteiger partial charge in [-0.25, -0.2) is 33.7 Å². The van der Waals surface area contributed by atoms with E-state index in [0.29, 0.717) is 17.7 Å². The van der Waals surface area contributed by atoms with Gasteiger partial charge in [-0.1, -0.05) is 19.3 Å². The molecule has 2 amide bonds. The fourth-order valence-electron chi connectivity index (χ4n) is 4.50. The number of hydrogen-bond acceptors (Lipinski definition) is 20. The van der Waals surface area contributed by atoms with Gasteiger partial charge in [0.15, 0.2) is 12.4 Å². The van der Waals surface area contributed by atoms with E-state index in [2.05, 4.69) is 17.9 Å². The number of carbonyl (C=O) groups excluding carboxylic acids is 2. The van der Waals surface area contributed by atoms with E-state index in [0.717, 1.165) is 26.4 Å². The molecule has 0 radical (unpaired) electrons. The Kier molecular flexibility index (Phi) is 28.1. The molecular formula is C19H30N2Na4O20S4. The molecule has 49 heavy (non-hydrogen) atoms. The van der Waals surface area contributed by atoms with Gasteiger partial charge in [-0.3, -0.25) is 22.1 Å². The molecule has 1 aliphatic carbocycles. The van der Waals surface area contributed by atoms with Gasteiger partial charge in [0.2, 0.25) is 43.0 Å². The first kappa shape index (κ1) is 55.7. The van der Waals surface area contributed by atoms with Crippen LogP contribution < -0.4 is 124 Å². The number of hydrogen-bond donors (Lipinski definition) is 1. The number of carbonyl (C=O) groups is 2. The molecule has 1 heterocycles. The fourth-order valence-corrected chi connectivity index (χ4v) is 6.41. The molecule has 0 aromatic rings. The summed E-state index contributed by atoms with van der Waals surface area (Å²) >= 11 is 0. The molecule has 0 aromatic carbocycles. The second-order valence-electron chi connectivity index (χ2n) is 9.68. The molecule has 1 aliphatic heterocycles. The van der Waals surface area contributed by atoms with Crippen LogP contribution in [0.1, 0.15) is 32.1 Å². The molecule has 30 heteroatoms. The van der Waals surface area contributed by atoms with Gasteiger partial charge in [0.05, 0.1) is 29.0 Å². The van der Waals surface area contributed by atoms with Crippen molar-refractivity contribution in [3.8, 4) is 0 Å². The number of amides is 2. The number of nitrogens with zero attached hydrogens (tertiary/aromatic N) is 1. The van der Waals surface area contributed by atoms with E-state index in [1.165, 1.54) is 0 Å². The van der Waals surface area contributed by atoms with Crippen LogP contribution in [-0.4, -0.2) is 145 Å². The number of ether oxygens (including phenoxy) is 3. The predicted octanol–water partition coefficient (Wildman–Crippen LogP) is -16.3. The largest absolute Gasteiger partial charge is 1.00 e. The first-order valence-corrected chi connectivity index (χ1v) is 18.3. The van der Waals surface area contributed by atoms with Crippen LogP contribution >= 0.6 is 0 Å². The first-order valence-electron chi connectivity index (χ1n) is 12.8. The minimum absolute atomic E-state index is 0. The van der Waals surface area contributed by atoms with Crippen molar-refractivity contribution in [3.63, 3.8) is 0 Å². The van der Waals surface area contributed by atoms with Crippen molar-refractivity contribution in [3.05, 3.63) is 0 Å². The molecule has 0 aromatic heterocycles. The molecular weight excluding hydrogens is 796 g/mol. The van der Waals surface area contributed by atoms with Crippen molar-refractivity contribution in [2.24, 2.45) is 0 Å². The Balaban J connectivity index is -0.00000529. The number of methoxy groups -OCH3 is 1. The van der Waals surface area contributed by atoms with Crippen molar-refractivity contribution < 1.29 is 206 Å². The van der Waals surface area contributed by atoms with Crippen LogP contribution in [0.2, 0.25) is 0 Å². The van der Waals surface area contributed by atoms with Gasteiger partial charge in [-0.2, -0.15) is 0 Å². The molecule has 2 fully saturated rings. The Bertz CT molecular complexity index is 1460. The molecule has 0 bridgehead atoms. The summed E-state index contributed by atoms with van der Waals surface area (Å²) in [7, 11) is -21.5. The molecule has 1 N–H and O–H groups in total. The number of rotatable bonds is 17. The van der Waals surface area contributed by atoms with E-state index in [1.807, 2.05) is 0 Å². The summed E-state index contributed by atoms with van der Waals surface area (Å²) in [5.41, 5.74) is 0. The van der Waals surface area contributed by atoms with Crippen LogP contribution in [0.4, 0.5) is 0 Å². The zero-order valence-electron chi connectivity index (χ0n) is 27.3. The standard InChI is InChI=1S/C19H34N2O20S4.4Na/c1-36-19-18(41-45(33,34)35)17(40-44(30,31)32)16(39-43(27,28)29)13(38-19)10-37-11-15(23)21(7-8-42(24,25)26)9-14(22)20-12-5-3-2-4-6-12;;;;/h12-13,16-19H,2-11H2,1H3,(H,20,22)(H,24,25,26)(H,27,28,29)(H,30,31,32)(H,33,34,35);;;;/q;4*+1/p-4/t13-,16+,17-,18+,19-;;;;/m0..../s1. The summed E-state index contributed by atoms with van der Waals surface area (Å²) in [4.78, 5) is 26.0. The molecule has 0 spiro atoms. The van der Waals surface area contributed by atoms with Gasteiger partial charge >= 0.3 is 118 Å². The average molecular weight is 827 g/mol. The second-order valence-corrected chi connectivity index (χ2v) is 14.2. The normalized spacial score (nSPS) is 23.4. The van der Waals surface area contributed by atoms with E-state index in [1.54, 1.807) is 0 Å². The van der Waals surface area contributed by atoms with Gasteiger partial charge in [-0.15, -0.1) is 0 Å². The zero-order chi connectivity index (χ0) is 34.2. The van der Waals surface area contributed by atoms with E-state index < -0.39 is 116 Å². The maximum atomic E-state index is 12.8. The van der Waals surface area contributed by atoms with Gasteiger partial charge in [0.25, 0.3) is 0 Å². The average Bonchev–Trinajstić information content (AvgIpc) is 2.87. The van der Waals surface area contributed by atoms with Crippen molar-refractivity contribution in [1.82, 2.24) is 10.2 Å². The van der Waals surface area contributed by atoms with Crippen LogP contribution in [0.3, 0.4) is 0 Å². The van der Waals surface area contributed by atoms with Gasteiger partial charge in [0.1, 0.15) is 24.9 Å². The maximum absolute atomic E-state index is 12.8. The molecule has 264 valence electrons. The minimum atomic E-state index is -5.87. The molecule has 22 nitrogen and oxygen atoms in total. The van der Waals surface area contributed by atoms with Crippen LogP contribution in [0.5, 0.6) is 0 Å². The van der Waals surface area contributed by atoms with E-state index >= 15 is 0 Å². The van der Waals surface area contributed by atoms with Crippen LogP contribution in [0, 0.1) is 0 Å². The van der Waals surface area contributed by atoms with E-state index in [-0.39, 0.29) is 124 Å². The van der Waals surface area contributed by atoms with Crippen LogP contribution in [0.15, 0.2) is 0 Å². The van der Waals surface area contributed by atoms with Crippen molar-refractivity contribution in [2.45, 2.75) is 68.9 Å². The molecule has 5 atom stereocenters. The molecule has 1 saturated carbocycles. The van der Waals surface area contributed by atoms with Crippen molar-refractivity contribution >= 4 is 53.1 Å². The monoisotopic (exact) mass is 826 g/mol. The van der Waals surface area contributed by atoms with Gasteiger partial charge in [0, 0.05) is 19.7 Å². The Hall–Kier alpha value is 2.34. The Morgan fingerprint density at radius 1 is 0.776 bits per heavy atom. The third-order valence-electron chi connectivity index (χ3n) is 6.29. The summed E-state index contributed by atoms with van der Waals surface area (Å²) in [5.74, 6) is -2.84. The fraction of sp³-hybridized carbons (Fsp3) is 0.895. The maximum Gasteiger partial charge on any atom is 1.00 e. The van der Waals surface area contributed by atoms with Gasteiger partial charge < -0.3 is 42.6 Å². The van der Waals surface area contributed by atoms with Crippen molar-refractivity contribution in [1.29, 1.82) is 0 Å². The third-order valence-corrected chi connectivity index (χ3v) is 8.34. The predicted molar refractivity (Wildman–Crippen MR) is 136 cm³/mol. The third kappa shape index (κ3) is 23.1. The molecule has 1 saturated heterocycles. The second kappa shape index (κ2) is 24.8. The number of nitrogens with one attached hydrogen (secondary N) is 1. The summed E-state index contributed by atoms with van der Waals surface area (Å²) < 4.78 is 163. The van der Waals surface area contributed by atoms with Crippen molar-refractivity contribution in [2.75, 3.05) is 39.2 Å². The van der Waals surface area contributed by atoms with E-state index in [9.17, 15) is 61.5 Å². The Morgan fingerprint density at radius 2 is 1.27 bits per heavy atom. The summed E-state index contributed by atoms with van der Waals surface area (Å²) in [6, 6.07) is -0.188. The minimum Gasteiger partial charge on any atom is -0.748 e. The summed E-state index contributed by atoms with van der Waals surface area (Å²) in [5, 5.41) is 2.69. The molecule has 2 rings (SSSR count). The first-order chi connectivity index (χ1) is 20.6. The topological polar surface area (TPSA) is 334 Å².